The van der Waals surface area contributed by atoms with Crippen molar-refractivity contribution in [3.05, 3.63) is 35.4 Å². The number of benzene rings is 1. The summed E-state index contributed by atoms with van der Waals surface area (Å²) in [6.07, 6.45) is 0. The van der Waals surface area contributed by atoms with Crippen LogP contribution in [-0.2, 0) is 0 Å². The molecule has 0 atom stereocenters. The molecular formula is C10H8. The molecule has 48 valence electrons. The van der Waals surface area contributed by atoms with E-state index >= 15 is 0 Å². The zero-order chi connectivity index (χ0) is 6.97. The van der Waals surface area contributed by atoms with Gasteiger partial charge in [-0.25, -0.2) is 0 Å². The van der Waals surface area contributed by atoms with Crippen LogP contribution in [0.2, 0.25) is 0 Å². The maximum Gasteiger partial charge on any atom is 0.106 e. The molecule has 0 heterocycles. The van der Waals surface area contributed by atoms with Crippen molar-refractivity contribution in [1.29, 1.82) is 0 Å². The second-order valence-electron chi connectivity index (χ2n) is 2.63. The summed E-state index contributed by atoms with van der Waals surface area (Å²) in [4.78, 5) is 0. The lowest BCUT2D eigenvalue weighted by atomic mass is 10.1. The van der Waals surface area contributed by atoms with E-state index in [1.54, 1.807) is 0 Å². The Hall–Kier alpha value is -1.22. The molecule has 2 rings (SSSR count). The summed E-state index contributed by atoms with van der Waals surface area (Å²) in [5.41, 5.74) is 2.62. The molecule has 0 fully saturated rings. The van der Waals surface area contributed by atoms with E-state index in [-0.39, 0.29) is 0 Å². The Labute approximate surface area is 60.9 Å². The third-order valence-corrected chi connectivity index (χ3v) is 1.70. The molecule has 0 unspecified atom stereocenters. The molecule has 0 radical (unpaired) electrons. The molecule has 1 aliphatic rings. The van der Waals surface area contributed by atoms with Crippen LogP contribution in [0.5, 0.6) is 0 Å². The predicted octanol–water partition coefficient (Wildman–Crippen LogP) is 2.10. The predicted molar refractivity (Wildman–Crippen MR) is 41.7 cm³/mol. The number of rotatable bonds is 1. The van der Waals surface area contributed by atoms with E-state index in [0.29, 0.717) is 5.92 Å². The molecule has 1 aromatic rings. The molecular weight excluding hydrogens is 120 g/mol. The molecule has 1 aromatic carbocycles. The second-order valence-corrected chi connectivity index (χ2v) is 2.63. The minimum absolute atomic E-state index is 0.403. The Kier molecular flexibility index (Phi) is 1.05. The van der Waals surface area contributed by atoms with E-state index in [0.717, 1.165) is 0 Å². The van der Waals surface area contributed by atoms with Crippen molar-refractivity contribution < 1.29 is 0 Å². The first kappa shape index (κ1) is 5.56. The van der Waals surface area contributed by atoms with Gasteiger partial charge in [-0.1, -0.05) is 41.7 Å². The van der Waals surface area contributed by atoms with E-state index in [1.807, 2.05) is 0 Å². The van der Waals surface area contributed by atoms with Gasteiger partial charge in [-0.15, -0.1) is 0 Å². The largest absolute Gasteiger partial charge is 0.106 e. The highest BCUT2D eigenvalue weighted by molar-refractivity contribution is 5.47. The third-order valence-electron chi connectivity index (χ3n) is 1.70. The molecule has 1 aliphatic carbocycles. The zero-order valence-corrected chi connectivity index (χ0v) is 5.89. The van der Waals surface area contributed by atoms with Crippen molar-refractivity contribution in [2.45, 2.75) is 12.8 Å². The topological polar surface area (TPSA) is 0 Å². The van der Waals surface area contributed by atoms with Crippen molar-refractivity contribution in [3.63, 3.8) is 0 Å². The molecule has 0 nitrogen and oxygen atoms in total. The molecule has 0 bridgehead atoms. The zero-order valence-electron chi connectivity index (χ0n) is 5.89. The Balaban J connectivity index is 2.28. The van der Waals surface area contributed by atoms with Crippen LogP contribution in [0.15, 0.2) is 24.3 Å². The van der Waals surface area contributed by atoms with Gasteiger partial charge in [0.05, 0.1) is 0 Å². The van der Waals surface area contributed by atoms with Crippen molar-refractivity contribution in [2.24, 2.45) is 0 Å². The molecule has 0 heteroatoms. The van der Waals surface area contributed by atoms with Crippen molar-refractivity contribution >= 4 is 0 Å². The second kappa shape index (κ2) is 1.88. The first-order chi connectivity index (χ1) is 4.86. The first-order valence-electron chi connectivity index (χ1n) is 3.44. The highest BCUT2D eigenvalue weighted by atomic mass is 14.1. The maximum absolute atomic E-state index is 3.02. The standard InChI is InChI=1S/C10H8/c1-8-2-4-9(5-3-8)10-6-7-10/h2-5,10H,1H3. The van der Waals surface area contributed by atoms with Crippen LogP contribution < -0.4 is 0 Å². The van der Waals surface area contributed by atoms with Gasteiger partial charge in [-0.05, 0) is 12.5 Å². The van der Waals surface area contributed by atoms with Crippen molar-refractivity contribution in [3.8, 4) is 11.8 Å². The summed E-state index contributed by atoms with van der Waals surface area (Å²) < 4.78 is 0. The van der Waals surface area contributed by atoms with Crippen LogP contribution in [0, 0.1) is 18.8 Å². The minimum atomic E-state index is 0.403. The first-order valence-corrected chi connectivity index (χ1v) is 3.44. The van der Waals surface area contributed by atoms with E-state index in [9.17, 15) is 0 Å². The highest BCUT2D eigenvalue weighted by Gasteiger charge is 2.11. The van der Waals surface area contributed by atoms with Crippen LogP contribution >= 0.6 is 0 Å². The van der Waals surface area contributed by atoms with Crippen molar-refractivity contribution in [2.75, 3.05) is 0 Å². The highest BCUT2D eigenvalue weighted by Crippen LogP contribution is 2.21. The van der Waals surface area contributed by atoms with E-state index in [2.05, 4.69) is 43.0 Å². The fourth-order valence-electron chi connectivity index (χ4n) is 0.967. The van der Waals surface area contributed by atoms with Crippen LogP contribution in [-0.4, -0.2) is 0 Å². The van der Waals surface area contributed by atoms with Crippen LogP contribution in [0.1, 0.15) is 17.0 Å². The normalized spacial score (nSPS) is 14.1. The minimum Gasteiger partial charge on any atom is -0.0802 e. The lowest BCUT2D eigenvalue weighted by Gasteiger charge is -1.95. The van der Waals surface area contributed by atoms with Crippen molar-refractivity contribution in [1.82, 2.24) is 0 Å². The summed E-state index contributed by atoms with van der Waals surface area (Å²) in [6.45, 7) is 2.09. The summed E-state index contributed by atoms with van der Waals surface area (Å²) >= 11 is 0. The molecule has 0 saturated carbocycles. The number of hydrogen-bond donors (Lipinski definition) is 0. The molecule has 0 amide bonds. The van der Waals surface area contributed by atoms with E-state index in [4.69, 9.17) is 0 Å². The summed E-state index contributed by atoms with van der Waals surface area (Å²) in [6, 6.07) is 8.51. The molecule has 0 aliphatic heterocycles. The van der Waals surface area contributed by atoms with Gasteiger partial charge in [0.25, 0.3) is 0 Å². The fourth-order valence-corrected chi connectivity index (χ4v) is 0.967. The molecule has 10 heavy (non-hydrogen) atoms. The van der Waals surface area contributed by atoms with Crippen LogP contribution in [0.3, 0.4) is 0 Å². The van der Waals surface area contributed by atoms with Crippen LogP contribution in [0.25, 0.3) is 0 Å². The molecule has 0 saturated heterocycles. The number of hydrogen-bond acceptors (Lipinski definition) is 0. The van der Waals surface area contributed by atoms with E-state index < -0.39 is 0 Å². The Morgan fingerprint density at radius 2 is 1.70 bits per heavy atom. The van der Waals surface area contributed by atoms with Gasteiger partial charge in [-0.2, -0.15) is 0 Å². The SMILES string of the molecule is Cc1ccc(C2C#C2)cc1. The van der Waals surface area contributed by atoms with Gasteiger partial charge in [0.1, 0.15) is 5.92 Å². The maximum atomic E-state index is 3.02. The van der Waals surface area contributed by atoms with Gasteiger partial charge < -0.3 is 0 Å². The van der Waals surface area contributed by atoms with E-state index in [1.165, 1.54) is 11.1 Å². The molecule has 0 aromatic heterocycles. The smallest absolute Gasteiger partial charge is 0.0802 e. The Bertz CT molecular complexity index is 287. The number of aryl methyl sites for hydroxylation is 1. The Morgan fingerprint density at radius 3 is 2.20 bits per heavy atom. The molecule has 0 N–H and O–H groups in total. The molecule has 0 spiro atoms. The average molecular weight is 128 g/mol. The quantitative estimate of drug-likeness (QED) is 0.508. The lowest BCUT2D eigenvalue weighted by molar-refractivity contribution is 1.25. The summed E-state index contributed by atoms with van der Waals surface area (Å²) in [5.74, 6) is 6.44. The monoisotopic (exact) mass is 128 g/mol. The van der Waals surface area contributed by atoms with Gasteiger partial charge in [0, 0.05) is 0 Å². The Morgan fingerprint density at radius 1 is 1.10 bits per heavy atom. The van der Waals surface area contributed by atoms with Gasteiger partial charge in [-0.3, -0.25) is 0 Å². The lowest BCUT2D eigenvalue weighted by Crippen LogP contribution is -1.80. The van der Waals surface area contributed by atoms with Gasteiger partial charge >= 0.3 is 0 Å². The van der Waals surface area contributed by atoms with Crippen LogP contribution in [0.4, 0.5) is 0 Å². The van der Waals surface area contributed by atoms with Gasteiger partial charge in [0.2, 0.25) is 0 Å². The average Bonchev–Trinajstić information content (AvgIpc) is 2.71. The summed E-state index contributed by atoms with van der Waals surface area (Å²) in [7, 11) is 0. The van der Waals surface area contributed by atoms with Gasteiger partial charge in [0.15, 0.2) is 0 Å². The summed E-state index contributed by atoms with van der Waals surface area (Å²) in [5, 5.41) is 0. The fraction of sp³-hybridized carbons (Fsp3) is 0.200. The third kappa shape index (κ3) is 0.910.